The second-order valence-electron chi connectivity index (χ2n) is 7.59. The van der Waals surface area contributed by atoms with E-state index in [0.717, 1.165) is 11.1 Å². The first-order valence-corrected chi connectivity index (χ1v) is 10.6. The smallest absolute Gasteiger partial charge is 0.272 e. The highest BCUT2D eigenvalue weighted by Crippen LogP contribution is 2.41. The van der Waals surface area contributed by atoms with E-state index < -0.39 is 0 Å². The van der Waals surface area contributed by atoms with Gasteiger partial charge in [0.05, 0.1) is 26.8 Å². The molecule has 1 atom stereocenters. The van der Waals surface area contributed by atoms with Gasteiger partial charge < -0.3 is 29.8 Å². The molecule has 7 heteroatoms. The maximum Gasteiger partial charge on any atom is 0.272 e. The minimum Gasteiger partial charge on any atom is -0.496 e. The molecule has 170 valence electrons. The van der Waals surface area contributed by atoms with Crippen LogP contribution in [-0.4, -0.2) is 32.2 Å². The van der Waals surface area contributed by atoms with E-state index in [9.17, 15) is 4.79 Å². The third-order valence-corrected chi connectivity index (χ3v) is 5.51. The number of fused-ring (bicyclic) bond motifs is 1. The second kappa shape index (κ2) is 9.56. The summed E-state index contributed by atoms with van der Waals surface area (Å²) in [4.78, 5) is 16.0. The summed E-state index contributed by atoms with van der Waals surface area (Å²) in [6.45, 7) is 2.11. The zero-order valence-corrected chi connectivity index (χ0v) is 19.1. The van der Waals surface area contributed by atoms with Crippen LogP contribution in [0.25, 0.3) is 10.9 Å². The van der Waals surface area contributed by atoms with Gasteiger partial charge >= 0.3 is 0 Å². The molecule has 4 rings (SSSR count). The van der Waals surface area contributed by atoms with Gasteiger partial charge in [-0.15, -0.1) is 0 Å². The Morgan fingerprint density at radius 3 is 2.15 bits per heavy atom. The van der Waals surface area contributed by atoms with Crippen LogP contribution in [0.1, 0.15) is 29.0 Å². The highest BCUT2D eigenvalue weighted by atomic mass is 16.5. The van der Waals surface area contributed by atoms with E-state index in [1.807, 2.05) is 42.5 Å². The van der Waals surface area contributed by atoms with Crippen LogP contribution in [0.2, 0.25) is 0 Å². The van der Waals surface area contributed by atoms with E-state index in [4.69, 9.17) is 14.2 Å². The van der Waals surface area contributed by atoms with Crippen molar-refractivity contribution in [1.82, 2.24) is 4.98 Å². The predicted molar refractivity (Wildman–Crippen MR) is 131 cm³/mol. The zero-order chi connectivity index (χ0) is 23.4. The summed E-state index contributed by atoms with van der Waals surface area (Å²) >= 11 is 0. The van der Waals surface area contributed by atoms with Crippen molar-refractivity contribution in [3.05, 3.63) is 78.0 Å². The quantitative estimate of drug-likeness (QED) is 0.328. The average Bonchev–Trinajstić information content (AvgIpc) is 3.30. The lowest BCUT2D eigenvalue weighted by Crippen LogP contribution is -2.12. The molecule has 0 fully saturated rings. The number of carbonyl (C=O) groups is 1. The van der Waals surface area contributed by atoms with E-state index in [1.165, 1.54) is 5.56 Å². The fourth-order valence-corrected chi connectivity index (χ4v) is 3.78. The Morgan fingerprint density at radius 2 is 1.52 bits per heavy atom. The third-order valence-electron chi connectivity index (χ3n) is 5.51. The number of hydrogen-bond donors (Lipinski definition) is 3. The van der Waals surface area contributed by atoms with Crippen LogP contribution in [0.5, 0.6) is 17.2 Å². The highest BCUT2D eigenvalue weighted by Gasteiger charge is 2.19. The van der Waals surface area contributed by atoms with Gasteiger partial charge in [-0.3, -0.25) is 4.79 Å². The SMILES string of the molecule is COc1cc(OC)c2cc(C(=O)Nc3ccc(NC(C)c4ccccc4)cc3)[nH]c2c1OC. The van der Waals surface area contributed by atoms with Crippen molar-refractivity contribution in [2.75, 3.05) is 32.0 Å². The average molecular weight is 446 g/mol. The van der Waals surface area contributed by atoms with Crippen molar-refractivity contribution < 1.29 is 19.0 Å². The maximum atomic E-state index is 12.9. The van der Waals surface area contributed by atoms with Crippen LogP contribution in [0.15, 0.2) is 66.7 Å². The van der Waals surface area contributed by atoms with Crippen LogP contribution < -0.4 is 24.8 Å². The fourth-order valence-electron chi connectivity index (χ4n) is 3.78. The summed E-state index contributed by atoms with van der Waals surface area (Å²) in [6.07, 6.45) is 0. The molecule has 1 aromatic heterocycles. The summed E-state index contributed by atoms with van der Waals surface area (Å²) in [7, 11) is 4.68. The number of hydrogen-bond acceptors (Lipinski definition) is 5. The fraction of sp³-hybridized carbons (Fsp3) is 0.192. The van der Waals surface area contributed by atoms with Gasteiger partial charge in [-0.2, -0.15) is 0 Å². The molecule has 3 aromatic carbocycles. The summed E-state index contributed by atoms with van der Waals surface area (Å²) in [6, 6.07) is 21.5. The number of ether oxygens (including phenoxy) is 3. The molecule has 0 aliphatic carbocycles. The van der Waals surface area contributed by atoms with Gasteiger partial charge in [0.1, 0.15) is 11.4 Å². The van der Waals surface area contributed by atoms with E-state index in [1.54, 1.807) is 33.5 Å². The lowest BCUT2D eigenvalue weighted by atomic mass is 10.1. The number of benzene rings is 3. The minimum absolute atomic E-state index is 0.167. The first-order chi connectivity index (χ1) is 16.0. The first-order valence-electron chi connectivity index (χ1n) is 10.6. The minimum atomic E-state index is -0.271. The number of aromatic nitrogens is 1. The molecule has 0 aliphatic rings. The number of rotatable bonds is 8. The lowest BCUT2D eigenvalue weighted by molar-refractivity contribution is 0.102. The van der Waals surface area contributed by atoms with Gasteiger partial charge in [0.2, 0.25) is 0 Å². The van der Waals surface area contributed by atoms with Crippen LogP contribution in [0, 0.1) is 0 Å². The molecule has 1 unspecified atom stereocenters. The highest BCUT2D eigenvalue weighted by molar-refractivity contribution is 6.08. The first kappa shape index (κ1) is 22.1. The molecule has 0 aliphatic heterocycles. The van der Waals surface area contributed by atoms with Gasteiger partial charge in [-0.05, 0) is 42.8 Å². The van der Waals surface area contributed by atoms with E-state index in [0.29, 0.717) is 34.1 Å². The molecule has 0 bridgehead atoms. The molecular formula is C26H27N3O4. The van der Waals surface area contributed by atoms with Crippen LogP contribution >= 0.6 is 0 Å². The van der Waals surface area contributed by atoms with Crippen molar-refractivity contribution in [1.29, 1.82) is 0 Å². The lowest BCUT2D eigenvalue weighted by Gasteiger charge is -2.16. The molecule has 3 N–H and O–H groups in total. The monoisotopic (exact) mass is 445 g/mol. The maximum absolute atomic E-state index is 12.9. The molecule has 7 nitrogen and oxygen atoms in total. The Hall–Kier alpha value is -4.13. The van der Waals surface area contributed by atoms with Crippen molar-refractivity contribution in [3.8, 4) is 17.2 Å². The topological polar surface area (TPSA) is 84.6 Å². The van der Waals surface area contributed by atoms with Crippen LogP contribution in [0.4, 0.5) is 11.4 Å². The van der Waals surface area contributed by atoms with Gasteiger partial charge in [0.15, 0.2) is 11.5 Å². The van der Waals surface area contributed by atoms with Crippen molar-refractivity contribution in [2.45, 2.75) is 13.0 Å². The number of amides is 1. The third kappa shape index (κ3) is 4.57. The molecule has 1 amide bonds. The van der Waals surface area contributed by atoms with E-state index >= 15 is 0 Å². The molecule has 0 spiro atoms. The number of carbonyl (C=O) groups excluding carboxylic acids is 1. The Bertz CT molecular complexity index is 1250. The molecular weight excluding hydrogens is 418 g/mol. The van der Waals surface area contributed by atoms with E-state index in [-0.39, 0.29) is 11.9 Å². The Labute approximate surface area is 192 Å². The summed E-state index contributed by atoms with van der Waals surface area (Å²) in [5, 5.41) is 7.12. The van der Waals surface area contributed by atoms with Gasteiger partial charge in [0, 0.05) is 28.9 Å². The largest absolute Gasteiger partial charge is 0.496 e. The Balaban J connectivity index is 1.51. The number of methoxy groups -OCH3 is 3. The second-order valence-corrected chi connectivity index (χ2v) is 7.59. The summed E-state index contributed by atoms with van der Waals surface area (Å²) in [5.41, 5.74) is 3.88. The Kier molecular flexibility index (Phi) is 6.40. The standard InChI is InChI=1S/C26H27N3O4/c1-16(17-8-6-5-7-9-17)27-18-10-12-19(13-11-18)28-26(30)21-14-20-22(31-2)15-23(32-3)25(33-4)24(20)29-21/h5-16,27,29H,1-4H3,(H,28,30). The zero-order valence-electron chi connectivity index (χ0n) is 19.1. The predicted octanol–water partition coefficient (Wildman–Crippen LogP) is 5.62. The molecule has 0 saturated heterocycles. The van der Waals surface area contributed by atoms with Crippen LogP contribution in [0.3, 0.4) is 0 Å². The number of anilines is 2. The number of H-pyrrole nitrogens is 1. The van der Waals surface area contributed by atoms with Gasteiger partial charge in [0.25, 0.3) is 5.91 Å². The molecule has 0 radical (unpaired) electrons. The van der Waals surface area contributed by atoms with Crippen molar-refractivity contribution in [3.63, 3.8) is 0 Å². The summed E-state index contributed by atoms with van der Waals surface area (Å²) < 4.78 is 16.3. The summed E-state index contributed by atoms with van der Waals surface area (Å²) in [5.74, 6) is 1.34. The Morgan fingerprint density at radius 1 is 0.848 bits per heavy atom. The molecule has 33 heavy (non-hydrogen) atoms. The number of aromatic amines is 1. The molecule has 0 saturated carbocycles. The van der Waals surface area contributed by atoms with E-state index in [2.05, 4.69) is 34.7 Å². The van der Waals surface area contributed by atoms with Crippen molar-refractivity contribution in [2.24, 2.45) is 0 Å². The van der Waals surface area contributed by atoms with Crippen LogP contribution in [-0.2, 0) is 0 Å². The molecule has 4 aromatic rings. The molecule has 1 heterocycles. The number of nitrogens with one attached hydrogen (secondary N) is 3. The van der Waals surface area contributed by atoms with Crippen molar-refractivity contribution >= 4 is 28.2 Å². The van der Waals surface area contributed by atoms with Gasteiger partial charge in [-0.1, -0.05) is 30.3 Å². The normalized spacial score (nSPS) is 11.6. The van der Waals surface area contributed by atoms with Gasteiger partial charge in [-0.25, -0.2) is 0 Å².